The van der Waals surface area contributed by atoms with Crippen LogP contribution >= 0.6 is 0 Å². The van der Waals surface area contributed by atoms with Gasteiger partial charge < -0.3 is 20.1 Å². The lowest BCUT2D eigenvalue weighted by atomic mass is 9.79. The Morgan fingerprint density at radius 2 is 1.95 bits per heavy atom. The van der Waals surface area contributed by atoms with E-state index in [1.807, 2.05) is 48.5 Å². The standard InChI is InChI=1S/C29H31N5O3/c30-27-26-24(21-8-4-9-23(14-21)37-17-19-6-2-1-3-7-19)16-34(28(26)32-18-31-27)22-12-20(13-22)15-33-11-5-10-25(33)29(35)36/h1-4,6-9,14,16,18,20,22,25H,5,10-13,15,17H2,(H,35,36)(H2,30,31,32)/t20?,22?,25-/m1/s1. The van der Waals surface area contributed by atoms with Gasteiger partial charge in [0.05, 0.1) is 5.39 Å². The Morgan fingerprint density at radius 1 is 1.11 bits per heavy atom. The number of carboxylic acid groups (broad SMARTS) is 1. The summed E-state index contributed by atoms with van der Waals surface area (Å²) in [6.45, 7) is 2.22. The van der Waals surface area contributed by atoms with Crippen LogP contribution in [0.25, 0.3) is 22.2 Å². The van der Waals surface area contributed by atoms with Crippen LogP contribution in [0.15, 0.2) is 67.1 Å². The van der Waals surface area contributed by atoms with Crippen molar-refractivity contribution in [2.24, 2.45) is 5.92 Å². The number of nitrogen functional groups attached to an aromatic ring is 1. The molecule has 4 aromatic rings. The lowest BCUT2D eigenvalue weighted by Gasteiger charge is -2.39. The molecule has 2 aromatic heterocycles. The molecular formula is C29H31N5O3. The van der Waals surface area contributed by atoms with Crippen molar-refractivity contribution < 1.29 is 14.6 Å². The maximum atomic E-state index is 11.6. The van der Waals surface area contributed by atoms with Gasteiger partial charge in [-0.15, -0.1) is 0 Å². The molecular weight excluding hydrogens is 466 g/mol. The summed E-state index contributed by atoms with van der Waals surface area (Å²) < 4.78 is 8.30. The van der Waals surface area contributed by atoms with Crippen molar-refractivity contribution in [1.82, 2.24) is 19.4 Å². The smallest absolute Gasteiger partial charge is 0.320 e. The molecule has 1 saturated heterocycles. The molecule has 2 aromatic carbocycles. The van der Waals surface area contributed by atoms with Gasteiger partial charge in [0.25, 0.3) is 0 Å². The van der Waals surface area contributed by atoms with E-state index in [0.29, 0.717) is 24.4 Å². The number of hydrogen-bond donors (Lipinski definition) is 2. The zero-order chi connectivity index (χ0) is 25.4. The van der Waals surface area contributed by atoms with E-state index in [9.17, 15) is 9.90 Å². The first-order valence-corrected chi connectivity index (χ1v) is 12.9. The Hall–Kier alpha value is -3.91. The molecule has 1 aliphatic carbocycles. The summed E-state index contributed by atoms with van der Waals surface area (Å²) in [5.74, 6) is 1.04. The van der Waals surface area contributed by atoms with Crippen molar-refractivity contribution in [3.63, 3.8) is 0 Å². The third-order valence-corrected chi connectivity index (χ3v) is 7.78. The molecule has 0 bridgehead atoms. The molecule has 6 rings (SSSR count). The second kappa shape index (κ2) is 9.86. The van der Waals surface area contributed by atoms with Gasteiger partial charge in [-0.2, -0.15) is 0 Å². The van der Waals surface area contributed by atoms with E-state index in [2.05, 4.69) is 31.7 Å². The molecule has 2 aliphatic rings. The van der Waals surface area contributed by atoms with Crippen LogP contribution in [-0.4, -0.2) is 49.6 Å². The quantitative estimate of drug-likeness (QED) is 0.361. The molecule has 0 unspecified atom stereocenters. The number of aromatic nitrogens is 3. The van der Waals surface area contributed by atoms with Crippen molar-refractivity contribution >= 4 is 22.8 Å². The van der Waals surface area contributed by atoms with Crippen LogP contribution in [0.1, 0.15) is 37.3 Å². The zero-order valence-corrected chi connectivity index (χ0v) is 20.7. The minimum Gasteiger partial charge on any atom is -0.489 e. The van der Waals surface area contributed by atoms with Gasteiger partial charge in [0.15, 0.2) is 0 Å². The Kier molecular flexibility index (Phi) is 6.26. The van der Waals surface area contributed by atoms with Crippen molar-refractivity contribution in [2.75, 3.05) is 18.8 Å². The molecule has 190 valence electrons. The van der Waals surface area contributed by atoms with Crippen molar-refractivity contribution in [2.45, 2.75) is 44.4 Å². The van der Waals surface area contributed by atoms with Gasteiger partial charge in [-0.3, -0.25) is 9.69 Å². The van der Waals surface area contributed by atoms with E-state index in [0.717, 1.165) is 72.2 Å². The average molecular weight is 498 g/mol. The minimum atomic E-state index is -0.698. The number of ether oxygens (including phenoxy) is 1. The van der Waals surface area contributed by atoms with Gasteiger partial charge in [-0.05, 0) is 61.4 Å². The molecule has 8 heteroatoms. The van der Waals surface area contributed by atoms with Gasteiger partial charge >= 0.3 is 5.97 Å². The van der Waals surface area contributed by atoms with E-state index in [-0.39, 0.29) is 6.04 Å². The number of benzene rings is 2. The Balaban J connectivity index is 1.22. The molecule has 0 amide bonds. The molecule has 1 aliphatic heterocycles. The van der Waals surface area contributed by atoms with E-state index < -0.39 is 5.97 Å². The van der Waals surface area contributed by atoms with Crippen LogP contribution in [0, 0.1) is 5.92 Å². The molecule has 37 heavy (non-hydrogen) atoms. The highest BCUT2D eigenvalue weighted by Gasteiger charge is 2.37. The average Bonchev–Trinajstić information content (AvgIpc) is 3.51. The highest BCUT2D eigenvalue weighted by molar-refractivity contribution is 6.00. The van der Waals surface area contributed by atoms with Crippen molar-refractivity contribution in [3.05, 3.63) is 72.7 Å². The van der Waals surface area contributed by atoms with Crippen LogP contribution in [0.5, 0.6) is 5.75 Å². The van der Waals surface area contributed by atoms with Crippen LogP contribution in [0.2, 0.25) is 0 Å². The predicted octanol–water partition coefficient (Wildman–Crippen LogP) is 4.76. The first-order valence-electron chi connectivity index (χ1n) is 12.9. The number of nitrogens with zero attached hydrogens (tertiary/aromatic N) is 4. The highest BCUT2D eigenvalue weighted by atomic mass is 16.5. The number of hydrogen-bond acceptors (Lipinski definition) is 6. The first-order chi connectivity index (χ1) is 18.1. The molecule has 3 heterocycles. The summed E-state index contributed by atoms with van der Waals surface area (Å²) in [4.78, 5) is 22.6. The Morgan fingerprint density at radius 3 is 2.76 bits per heavy atom. The fourth-order valence-electron chi connectivity index (χ4n) is 5.83. The zero-order valence-electron chi connectivity index (χ0n) is 20.7. The molecule has 1 atom stereocenters. The van der Waals surface area contributed by atoms with E-state index in [1.54, 1.807) is 0 Å². The summed E-state index contributed by atoms with van der Waals surface area (Å²) in [5, 5.41) is 10.4. The maximum absolute atomic E-state index is 11.6. The second-order valence-electron chi connectivity index (χ2n) is 10.2. The summed E-state index contributed by atoms with van der Waals surface area (Å²) in [6, 6.07) is 18.1. The summed E-state index contributed by atoms with van der Waals surface area (Å²) in [5.41, 5.74) is 10.3. The van der Waals surface area contributed by atoms with Crippen LogP contribution in [0.4, 0.5) is 5.82 Å². The fraction of sp³-hybridized carbons (Fsp3) is 0.345. The van der Waals surface area contributed by atoms with Gasteiger partial charge in [-0.25, -0.2) is 9.97 Å². The van der Waals surface area contributed by atoms with Crippen LogP contribution in [-0.2, 0) is 11.4 Å². The predicted molar refractivity (Wildman–Crippen MR) is 142 cm³/mol. The number of carboxylic acids is 1. The largest absolute Gasteiger partial charge is 0.489 e. The number of nitrogens with two attached hydrogens (primary N) is 1. The molecule has 0 spiro atoms. The minimum absolute atomic E-state index is 0.305. The summed E-state index contributed by atoms with van der Waals surface area (Å²) in [6.07, 6.45) is 7.37. The van der Waals surface area contributed by atoms with E-state index >= 15 is 0 Å². The molecule has 1 saturated carbocycles. The Bertz CT molecular complexity index is 1410. The summed E-state index contributed by atoms with van der Waals surface area (Å²) >= 11 is 0. The van der Waals surface area contributed by atoms with E-state index in [4.69, 9.17) is 10.5 Å². The van der Waals surface area contributed by atoms with Crippen LogP contribution < -0.4 is 10.5 Å². The van der Waals surface area contributed by atoms with Gasteiger partial charge in [0, 0.05) is 24.3 Å². The maximum Gasteiger partial charge on any atom is 0.320 e. The van der Waals surface area contributed by atoms with E-state index in [1.165, 1.54) is 6.33 Å². The monoisotopic (exact) mass is 497 g/mol. The number of likely N-dealkylation sites (tertiary alicyclic amines) is 1. The van der Waals surface area contributed by atoms with Crippen molar-refractivity contribution in [3.8, 4) is 16.9 Å². The molecule has 3 N–H and O–H groups in total. The molecule has 0 radical (unpaired) electrons. The summed E-state index contributed by atoms with van der Waals surface area (Å²) in [7, 11) is 0. The highest BCUT2D eigenvalue weighted by Crippen LogP contribution is 2.44. The van der Waals surface area contributed by atoms with Gasteiger partial charge in [0.2, 0.25) is 0 Å². The topological polar surface area (TPSA) is 107 Å². The van der Waals surface area contributed by atoms with Gasteiger partial charge in [-0.1, -0.05) is 42.5 Å². The first kappa shape index (κ1) is 23.5. The third-order valence-electron chi connectivity index (χ3n) is 7.78. The third kappa shape index (κ3) is 4.64. The fourth-order valence-corrected chi connectivity index (χ4v) is 5.83. The lowest BCUT2D eigenvalue weighted by molar-refractivity contribution is -0.142. The number of fused-ring (bicyclic) bond motifs is 1. The molecule has 8 nitrogen and oxygen atoms in total. The second-order valence-corrected chi connectivity index (χ2v) is 10.2. The Labute approximate surface area is 215 Å². The number of aliphatic carboxylic acids is 1. The number of rotatable bonds is 8. The lowest BCUT2D eigenvalue weighted by Crippen LogP contribution is -2.42. The number of carbonyl (C=O) groups is 1. The number of anilines is 1. The van der Waals surface area contributed by atoms with Crippen molar-refractivity contribution in [1.29, 1.82) is 0 Å². The normalized spacial score (nSPS) is 21.7. The SMILES string of the molecule is Nc1ncnc2c1c(-c1cccc(OCc3ccccc3)c1)cn2C1CC(CN2CCC[C@@H]2C(=O)O)C1. The van der Waals surface area contributed by atoms with Gasteiger partial charge in [0.1, 0.15) is 36.2 Å². The molecule has 2 fully saturated rings. The van der Waals surface area contributed by atoms with Crippen LogP contribution in [0.3, 0.4) is 0 Å².